The molecule has 0 saturated heterocycles. The molecule has 3 heterocycles. The standard InChI is InChI=1S/C16H21N7/c1-11-13-5-6-18-7-14(13)23-16(22(4)10-20-23)12(2)15(11)21(3)9-19-8-17/h5-11,15-17H,2H2,1,3-4H3/b17-8?,19-9-. The number of anilines is 1. The molecule has 2 aliphatic heterocycles. The van der Waals surface area contributed by atoms with Gasteiger partial charge in [0.25, 0.3) is 0 Å². The number of fused-ring (bicyclic) bond motifs is 3. The zero-order chi connectivity index (χ0) is 16.6. The predicted octanol–water partition coefficient (Wildman–Crippen LogP) is 1.71. The molecule has 3 unspecified atom stereocenters. The second-order valence-corrected chi connectivity index (χ2v) is 5.92. The number of pyridine rings is 1. The fraction of sp³-hybridized carbons (Fsp3) is 0.375. The van der Waals surface area contributed by atoms with E-state index < -0.39 is 0 Å². The van der Waals surface area contributed by atoms with Gasteiger partial charge >= 0.3 is 0 Å². The third-order valence-corrected chi connectivity index (χ3v) is 4.49. The molecule has 0 amide bonds. The molecule has 1 aromatic rings. The number of hydrogen-bond donors (Lipinski definition) is 1. The molecule has 120 valence electrons. The lowest BCUT2D eigenvalue weighted by Gasteiger charge is -2.35. The van der Waals surface area contributed by atoms with Crippen molar-refractivity contribution in [2.75, 3.05) is 19.1 Å². The minimum absolute atomic E-state index is 0.0407. The zero-order valence-corrected chi connectivity index (χ0v) is 13.6. The molecule has 0 saturated carbocycles. The van der Waals surface area contributed by atoms with Crippen LogP contribution in [0.1, 0.15) is 18.4 Å². The third-order valence-electron chi connectivity index (χ3n) is 4.49. The van der Waals surface area contributed by atoms with Crippen LogP contribution in [0.15, 0.2) is 40.7 Å². The van der Waals surface area contributed by atoms with Gasteiger partial charge in [-0.1, -0.05) is 13.5 Å². The van der Waals surface area contributed by atoms with Gasteiger partial charge in [0.2, 0.25) is 0 Å². The maximum absolute atomic E-state index is 7.10. The Morgan fingerprint density at radius 2 is 2.26 bits per heavy atom. The minimum atomic E-state index is -0.0521. The molecule has 3 atom stereocenters. The molecule has 23 heavy (non-hydrogen) atoms. The Morgan fingerprint density at radius 3 is 3.00 bits per heavy atom. The van der Waals surface area contributed by atoms with Crippen LogP contribution in [0.5, 0.6) is 0 Å². The molecule has 2 aliphatic rings. The summed E-state index contributed by atoms with van der Waals surface area (Å²) in [4.78, 5) is 12.3. The molecule has 7 heteroatoms. The van der Waals surface area contributed by atoms with Crippen LogP contribution in [-0.4, -0.2) is 60.1 Å². The van der Waals surface area contributed by atoms with Crippen molar-refractivity contribution >= 4 is 24.7 Å². The monoisotopic (exact) mass is 311 g/mol. The lowest BCUT2D eigenvalue weighted by atomic mass is 9.88. The first-order valence-electron chi connectivity index (χ1n) is 7.48. The van der Waals surface area contributed by atoms with Crippen molar-refractivity contribution in [1.82, 2.24) is 14.8 Å². The van der Waals surface area contributed by atoms with Gasteiger partial charge in [0, 0.05) is 26.2 Å². The topological polar surface area (TPSA) is 71.2 Å². The van der Waals surface area contributed by atoms with Crippen LogP contribution in [0.4, 0.5) is 5.69 Å². The van der Waals surface area contributed by atoms with Crippen molar-refractivity contribution < 1.29 is 0 Å². The van der Waals surface area contributed by atoms with Gasteiger partial charge in [-0.15, -0.1) is 0 Å². The largest absolute Gasteiger partial charge is 0.358 e. The first-order chi connectivity index (χ1) is 11.1. The number of aliphatic imine (C=N–C) groups is 1. The highest BCUT2D eigenvalue weighted by atomic mass is 15.6. The maximum Gasteiger partial charge on any atom is 0.148 e. The minimum Gasteiger partial charge on any atom is -0.358 e. The Balaban J connectivity index is 2.11. The second-order valence-electron chi connectivity index (χ2n) is 5.92. The fourth-order valence-electron chi connectivity index (χ4n) is 3.49. The van der Waals surface area contributed by atoms with Gasteiger partial charge in [-0.05, 0) is 17.2 Å². The molecule has 0 aliphatic carbocycles. The first-order valence-corrected chi connectivity index (χ1v) is 7.48. The molecule has 0 fully saturated rings. The van der Waals surface area contributed by atoms with Crippen molar-refractivity contribution in [2.45, 2.75) is 25.0 Å². The van der Waals surface area contributed by atoms with Gasteiger partial charge in [0.1, 0.15) is 18.8 Å². The van der Waals surface area contributed by atoms with E-state index in [1.165, 1.54) is 5.56 Å². The Bertz CT molecular complexity index is 681. The van der Waals surface area contributed by atoms with E-state index in [9.17, 15) is 0 Å². The lowest BCUT2D eigenvalue weighted by Crippen LogP contribution is -2.45. The van der Waals surface area contributed by atoms with Crippen LogP contribution in [0.2, 0.25) is 0 Å². The summed E-state index contributed by atoms with van der Waals surface area (Å²) in [5, 5.41) is 13.6. The van der Waals surface area contributed by atoms with Crippen molar-refractivity contribution in [3.05, 3.63) is 36.2 Å². The number of hydrogen-bond acceptors (Lipinski definition) is 5. The summed E-state index contributed by atoms with van der Waals surface area (Å²) in [6.45, 7) is 6.54. The average Bonchev–Trinajstić information content (AvgIpc) is 2.90. The van der Waals surface area contributed by atoms with Crippen molar-refractivity contribution in [3.8, 4) is 0 Å². The molecule has 3 rings (SSSR count). The van der Waals surface area contributed by atoms with Crippen LogP contribution in [-0.2, 0) is 0 Å². The van der Waals surface area contributed by atoms with Gasteiger partial charge in [0.15, 0.2) is 0 Å². The maximum atomic E-state index is 7.10. The summed E-state index contributed by atoms with van der Waals surface area (Å²) in [7, 11) is 3.96. The van der Waals surface area contributed by atoms with E-state index in [1.807, 2.05) is 53.7 Å². The summed E-state index contributed by atoms with van der Waals surface area (Å²) in [6.07, 6.45) is 8.14. The van der Waals surface area contributed by atoms with E-state index in [2.05, 4.69) is 28.6 Å². The Hall–Kier alpha value is -2.70. The third kappa shape index (κ3) is 2.38. The van der Waals surface area contributed by atoms with Crippen LogP contribution in [0.3, 0.4) is 0 Å². The molecular formula is C16H21N7. The van der Waals surface area contributed by atoms with Crippen molar-refractivity contribution in [3.63, 3.8) is 0 Å². The molecule has 0 spiro atoms. The van der Waals surface area contributed by atoms with Gasteiger partial charge in [0.05, 0.1) is 24.3 Å². The Kier molecular flexibility index (Phi) is 3.85. The van der Waals surface area contributed by atoms with Gasteiger partial charge in [-0.2, -0.15) is 5.10 Å². The highest BCUT2D eigenvalue weighted by Crippen LogP contribution is 2.41. The molecule has 1 N–H and O–H groups in total. The number of rotatable bonds is 3. The zero-order valence-electron chi connectivity index (χ0n) is 13.6. The van der Waals surface area contributed by atoms with E-state index in [-0.39, 0.29) is 18.1 Å². The van der Waals surface area contributed by atoms with Crippen LogP contribution < -0.4 is 5.01 Å². The van der Waals surface area contributed by atoms with Gasteiger partial charge < -0.3 is 9.80 Å². The van der Waals surface area contributed by atoms with E-state index in [4.69, 9.17) is 5.41 Å². The molecule has 0 bridgehead atoms. The van der Waals surface area contributed by atoms with Crippen molar-refractivity contribution in [2.24, 2.45) is 10.1 Å². The van der Waals surface area contributed by atoms with Crippen LogP contribution in [0.25, 0.3) is 0 Å². The fourth-order valence-corrected chi connectivity index (χ4v) is 3.49. The van der Waals surface area contributed by atoms with E-state index in [1.54, 1.807) is 6.34 Å². The lowest BCUT2D eigenvalue weighted by molar-refractivity contribution is 0.333. The summed E-state index contributed by atoms with van der Waals surface area (Å²) in [5.74, 6) is 0.192. The Morgan fingerprint density at radius 1 is 1.48 bits per heavy atom. The quantitative estimate of drug-likeness (QED) is 0.524. The SMILES string of the molecule is C=C1C(N(C)/C=N\C=N)C(C)c2ccncc2N2N=CN(C)C12. The Labute approximate surface area is 136 Å². The number of hydrazone groups is 1. The molecular weight excluding hydrogens is 290 g/mol. The summed E-state index contributed by atoms with van der Waals surface area (Å²) in [5.41, 5.74) is 3.22. The number of nitrogens with one attached hydrogen (secondary N) is 1. The number of aromatic nitrogens is 1. The summed E-state index contributed by atoms with van der Waals surface area (Å²) in [6, 6.07) is 2.08. The van der Waals surface area contributed by atoms with Crippen LogP contribution in [0, 0.1) is 5.41 Å². The molecule has 1 aromatic heterocycles. The summed E-state index contributed by atoms with van der Waals surface area (Å²) >= 11 is 0. The molecule has 0 radical (unpaired) electrons. The smallest absolute Gasteiger partial charge is 0.148 e. The second kappa shape index (κ2) is 5.83. The normalized spacial score (nSPS) is 26.2. The van der Waals surface area contributed by atoms with E-state index in [0.29, 0.717) is 0 Å². The van der Waals surface area contributed by atoms with E-state index in [0.717, 1.165) is 17.6 Å². The van der Waals surface area contributed by atoms with Crippen molar-refractivity contribution in [1.29, 1.82) is 5.41 Å². The highest BCUT2D eigenvalue weighted by molar-refractivity contribution is 5.72. The van der Waals surface area contributed by atoms with E-state index >= 15 is 0 Å². The van der Waals surface area contributed by atoms with Gasteiger partial charge in [-0.25, -0.2) is 10.0 Å². The van der Waals surface area contributed by atoms with Gasteiger partial charge in [-0.3, -0.25) is 10.4 Å². The summed E-state index contributed by atoms with van der Waals surface area (Å²) < 4.78 is 0. The number of likely N-dealkylation sites (N-methyl/N-ethyl adjacent to an activating group) is 2. The highest BCUT2D eigenvalue weighted by Gasteiger charge is 2.41. The first kappa shape index (κ1) is 15.2. The van der Waals surface area contributed by atoms with Crippen LogP contribution >= 0.6 is 0 Å². The number of nitrogens with zero attached hydrogens (tertiary/aromatic N) is 6. The molecule has 0 aromatic carbocycles. The molecule has 7 nitrogen and oxygen atoms in total. The average molecular weight is 311 g/mol. The predicted molar refractivity (Wildman–Crippen MR) is 93.1 cm³/mol.